The summed E-state index contributed by atoms with van der Waals surface area (Å²) in [5.41, 5.74) is 11.2. The number of para-hydroxylation sites is 2. The summed E-state index contributed by atoms with van der Waals surface area (Å²) in [4.78, 5) is 17.6. The lowest BCUT2D eigenvalue weighted by atomic mass is 9.83. The summed E-state index contributed by atoms with van der Waals surface area (Å²) in [6.07, 6.45) is 1.86. The molecular weight excluding hydrogens is 462 g/mol. The van der Waals surface area contributed by atoms with Gasteiger partial charge in [-0.25, -0.2) is 14.7 Å². The number of nitrogens with zero attached hydrogens (tertiary/aromatic N) is 6. The molecule has 0 fully saturated rings. The van der Waals surface area contributed by atoms with E-state index in [1.165, 1.54) is 6.92 Å². The zero-order valence-electron chi connectivity index (χ0n) is 19.9. The zero-order chi connectivity index (χ0) is 25.5. The van der Waals surface area contributed by atoms with Crippen LogP contribution in [0.25, 0.3) is 16.9 Å². The maximum Gasteiger partial charge on any atom is 0.176 e. The van der Waals surface area contributed by atoms with Crippen molar-refractivity contribution >= 4 is 23.0 Å². The monoisotopic (exact) mass is 483 g/mol. The summed E-state index contributed by atoms with van der Waals surface area (Å²) in [7, 11) is 0. The summed E-state index contributed by atoms with van der Waals surface area (Å²) >= 11 is 0. The van der Waals surface area contributed by atoms with Gasteiger partial charge in [0, 0.05) is 29.8 Å². The third-order valence-corrected chi connectivity index (χ3v) is 6.45. The topological polar surface area (TPSA) is 113 Å². The Morgan fingerprint density at radius 2 is 1.65 bits per heavy atom. The molecule has 8 heteroatoms. The molecule has 0 bridgehead atoms. The molecule has 3 aromatic carbocycles. The Balaban J connectivity index is 1.62. The molecule has 1 aromatic heterocycles. The second-order valence-corrected chi connectivity index (χ2v) is 8.73. The molecule has 1 unspecified atom stereocenters. The van der Waals surface area contributed by atoms with E-state index in [4.69, 9.17) is 15.9 Å². The number of nitrogens with two attached hydrogens (primary N) is 1. The molecule has 0 saturated carbocycles. The Kier molecular flexibility index (Phi) is 5.24. The Labute approximate surface area is 213 Å². The van der Waals surface area contributed by atoms with Crippen LogP contribution in [0.2, 0.25) is 0 Å². The van der Waals surface area contributed by atoms with Gasteiger partial charge in [0.05, 0.1) is 34.6 Å². The van der Waals surface area contributed by atoms with Crippen LogP contribution in [0.1, 0.15) is 24.0 Å². The Morgan fingerprint density at radius 1 is 0.973 bits per heavy atom. The van der Waals surface area contributed by atoms with Crippen molar-refractivity contribution in [3.63, 3.8) is 0 Å². The molecule has 0 amide bonds. The highest BCUT2D eigenvalue weighted by Gasteiger charge is 2.40. The number of rotatable bonds is 4. The largest absolute Gasteiger partial charge is 0.383 e. The highest BCUT2D eigenvalue weighted by Crippen LogP contribution is 2.42. The fraction of sp³-hybridized carbons (Fsp3) is 0.0690. The number of Topliss-reactive ketones (excluding diaryl/α,β-unsaturated/α-hetero) is 1. The number of aliphatic imine (C=N–C) groups is 1. The van der Waals surface area contributed by atoms with Crippen LogP contribution in [-0.4, -0.2) is 27.1 Å². The molecule has 2 N–H and O–H groups in total. The maximum atomic E-state index is 13.0. The summed E-state index contributed by atoms with van der Waals surface area (Å²) in [5.74, 6) is -0.426. The van der Waals surface area contributed by atoms with Crippen LogP contribution in [0.5, 0.6) is 0 Å². The minimum Gasteiger partial charge on any atom is -0.383 e. The molecule has 0 aliphatic carbocycles. The van der Waals surface area contributed by atoms with Gasteiger partial charge in [-0.1, -0.05) is 60.7 Å². The predicted molar refractivity (Wildman–Crippen MR) is 142 cm³/mol. The van der Waals surface area contributed by atoms with Gasteiger partial charge in [-0.3, -0.25) is 4.79 Å². The lowest BCUT2D eigenvalue weighted by Gasteiger charge is -2.33. The van der Waals surface area contributed by atoms with Crippen molar-refractivity contribution in [2.45, 2.75) is 12.8 Å². The zero-order valence-corrected chi connectivity index (χ0v) is 19.9. The van der Waals surface area contributed by atoms with E-state index in [1.54, 1.807) is 9.69 Å². The number of aromatic nitrogens is 2. The van der Waals surface area contributed by atoms with Crippen LogP contribution in [0.15, 0.2) is 113 Å². The van der Waals surface area contributed by atoms with Crippen molar-refractivity contribution in [1.29, 1.82) is 5.26 Å². The number of hydrogen-bond donors (Lipinski definition) is 1. The number of fused-ring (bicyclic) bond motifs is 3. The SMILES string of the molecule is CC(=O)C1=NN2C(=C(C#N)C1c1cn(-c3ccccc3)nc1-c1ccccc1)N=C(N)c1ccccc12. The minimum absolute atomic E-state index is 0.232. The van der Waals surface area contributed by atoms with Gasteiger partial charge in [0.1, 0.15) is 11.5 Å². The lowest BCUT2D eigenvalue weighted by Crippen LogP contribution is -2.37. The van der Waals surface area contributed by atoms with Gasteiger partial charge < -0.3 is 5.73 Å². The third-order valence-electron chi connectivity index (χ3n) is 6.45. The summed E-state index contributed by atoms with van der Waals surface area (Å²) < 4.78 is 1.76. The molecule has 0 radical (unpaired) electrons. The molecule has 178 valence electrons. The quantitative estimate of drug-likeness (QED) is 0.458. The number of anilines is 1. The van der Waals surface area contributed by atoms with Crippen LogP contribution < -0.4 is 10.7 Å². The number of hydrogen-bond acceptors (Lipinski definition) is 7. The molecule has 37 heavy (non-hydrogen) atoms. The first-order valence-electron chi connectivity index (χ1n) is 11.7. The van der Waals surface area contributed by atoms with Crippen molar-refractivity contribution < 1.29 is 4.79 Å². The second-order valence-electron chi connectivity index (χ2n) is 8.73. The molecular formula is C29H21N7O. The molecule has 0 saturated heterocycles. The smallest absolute Gasteiger partial charge is 0.176 e. The van der Waals surface area contributed by atoms with Crippen molar-refractivity contribution in [1.82, 2.24) is 9.78 Å². The summed E-state index contributed by atoms with van der Waals surface area (Å²) in [5, 5.41) is 21.6. The molecule has 4 aromatic rings. The first-order chi connectivity index (χ1) is 18.1. The van der Waals surface area contributed by atoms with Gasteiger partial charge in [0.15, 0.2) is 11.6 Å². The molecule has 6 rings (SSSR count). The molecule has 3 heterocycles. The second kappa shape index (κ2) is 8.73. The van der Waals surface area contributed by atoms with Crippen LogP contribution in [0, 0.1) is 11.3 Å². The van der Waals surface area contributed by atoms with E-state index >= 15 is 0 Å². The van der Waals surface area contributed by atoms with Crippen molar-refractivity contribution in [3.8, 4) is 23.0 Å². The van der Waals surface area contributed by atoms with Crippen molar-refractivity contribution in [3.05, 3.63) is 114 Å². The minimum atomic E-state index is -0.775. The Hall–Kier alpha value is -5.29. The van der Waals surface area contributed by atoms with Gasteiger partial charge in [-0.05, 0) is 24.3 Å². The Morgan fingerprint density at radius 3 is 2.35 bits per heavy atom. The first-order valence-corrected chi connectivity index (χ1v) is 11.7. The van der Waals surface area contributed by atoms with Gasteiger partial charge in [-0.15, -0.1) is 0 Å². The number of benzene rings is 3. The average Bonchev–Trinajstić information content (AvgIpc) is 3.38. The van der Waals surface area contributed by atoms with Gasteiger partial charge in [-0.2, -0.15) is 15.5 Å². The first kappa shape index (κ1) is 22.2. The van der Waals surface area contributed by atoms with E-state index < -0.39 is 5.92 Å². The summed E-state index contributed by atoms with van der Waals surface area (Å²) in [6.45, 7) is 1.46. The fourth-order valence-corrected chi connectivity index (χ4v) is 4.74. The highest BCUT2D eigenvalue weighted by atomic mass is 16.1. The number of nitriles is 1. The number of ketones is 1. The van der Waals surface area contributed by atoms with Crippen LogP contribution in [0.3, 0.4) is 0 Å². The van der Waals surface area contributed by atoms with Crippen molar-refractivity contribution in [2.24, 2.45) is 15.8 Å². The number of hydrazone groups is 1. The molecule has 2 aliphatic heterocycles. The number of carbonyl (C=O) groups excluding carboxylic acids is 1. The van der Waals surface area contributed by atoms with Gasteiger partial charge >= 0.3 is 0 Å². The maximum absolute atomic E-state index is 13.0. The third kappa shape index (κ3) is 3.61. The number of allylic oxidation sites excluding steroid dienone is 1. The summed E-state index contributed by atoms with van der Waals surface area (Å²) in [6, 6.07) is 29.1. The van der Waals surface area contributed by atoms with Gasteiger partial charge in [0.25, 0.3) is 0 Å². The normalized spacial score (nSPS) is 16.3. The molecule has 0 spiro atoms. The number of amidine groups is 1. The Bertz CT molecular complexity index is 1670. The molecule has 2 aliphatic rings. The molecule has 8 nitrogen and oxygen atoms in total. The average molecular weight is 484 g/mol. The standard InChI is InChI=1S/C29H21N7O/c1-18(37)26-25(22(16-30)29-32-28(31)21-14-8-9-15-24(21)36(29)34-26)23-17-35(20-12-6-3-7-13-20)33-27(23)19-10-4-2-5-11-19/h2-15,17,25H,1H3,(H2,31,32). The van der Waals surface area contributed by atoms with E-state index in [9.17, 15) is 10.1 Å². The van der Waals surface area contributed by atoms with Crippen molar-refractivity contribution in [2.75, 3.05) is 5.01 Å². The van der Waals surface area contributed by atoms with Gasteiger partial charge in [0.2, 0.25) is 0 Å². The van der Waals surface area contributed by atoms with E-state index in [0.717, 1.165) is 11.3 Å². The fourth-order valence-electron chi connectivity index (χ4n) is 4.74. The highest BCUT2D eigenvalue weighted by molar-refractivity contribution is 6.42. The van der Waals surface area contributed by atoms with E-state index in [-0.39, 0.29) is 22.9 Å². The van der Waals surface area contributed by atoms with Crippen LogP contribution >= 0.6 is 0 Å². The van der Waals surface area contributed by atoms with Crippen LogP contribution in [-0.2, 0) is 4.79 Å². The predicted octanol–water partition coefficient (Wildman–Crippen LogP) is 4.54. The van der Waals surface area contributed by atoms with E-state index in [0.29, 0.717) is 28.3 Å². The van der Waals surface area contributed by atoms with E-state index in [2.05, 4.69) is 11.1 Å². The lowest BCUT2D eigenvalue weighted by molar-refractivity contribution is -0.111. The molecule has 1 atom stereocenters. The van der Waals surface area contributed by atoms with E-state index in [1.807, 2.05) is 91.1 Å². The van der Waals surface area contributed by atoms with Crippen LogP contribution in [0.4, 0.5) is 5.69 Å². The number of carbonyl (C=O) groups is 1.